The molecule has 1 aliphatic rings. The summed E-state index contributed by atoms with van der Waals surface area (Å²) >= 11 is 3.48. The van der Waals surface area contributed by atoms with E-state index in [9.17, 15) is 0 Å². The first-order valence-corrected chi connectivity index (χ1v) is 7.73. The predicted molar refractivity (Wildman–Crippen MR) is 80.5 cm³/mol. The zero-order valence-electron chi connectivity index (χ0n) is 11.2. The van der Waals surface area contributed by atoms with E-state index in [4.69, 9.17) is 0 Å². The molecule has 1 saturated carbocycles. The van der Waals surface area contributed by atoms with Crippen LogP contribution in [0.3, 0.4) is 0 Å². The van der Waals surface area contributed by atoms with Gasteiger partial charge in [0, 0.05) is 32.2 Å². The number of hydrogen-bond donors (Lipinski definition) is 0. The average Bonchev–Trinajstić information content (AvgIpc) is 2.86. The normalized spacial score (nSPS) is 16.9. The zero-order valence-corrected chi connectivity index (χ0v) is 12.8. The van der Waals surface area contributed by atoms with Crippen LogP contribution in [0.2, 0.25) is 0 Å². The maximum atomic E-state index is 4.60. The second-order valence-electron chi connectivity index (χ2n) is 5.43. The minimum absolute atomic E-state index is 0.801. The summed E-state index contributed by atoms with van der Waals surface area (Å²) in [7, 11) is 2.12. The zero-order chi connectivity index (χ0) is 13.2. The van der Waals surface area contributed by atoms with E-state index < -0.39 is 0 Å². The number of imidazole rings is 1. The van der Waals surface area contributed by atoms with E-state index in [0.717, 1.165) is 28.5 Å². The molecule has 0 amide bonds. The van der Waals surface area contributed by atoms with Gasteiger partial charge in [0.2, 0.25) is 0 Å². The molecule has 19 heavy (non-hydrogen) atoms. The molecule has 2 heterocycles. The largest absolute Gasteiger partial charge is 0.356 e. The molecule has 102 valence electrons. The fourth-order valence-corrected chi connectivity index (χ4v) is 3.37. The SMILES string of the molecule is CN(CC1CCCCC1)c1nc(Br)cn2ccnc12. The molecule has 1 aliphatic carbocycles. The minimum atomic E-state index is 0.801. The quantitative estimate of drug-likeness (QED) is 0.867. The second kappa shape index (κ2) is 5.49. The average molecular weight is 323 g/mol. The highest BCUT2D eigenvalue weighted by Gasteiger charge is 2.18. The second-order valence-corrected chi connectivity index (χ2v) is 6.24. The first kappa shape index (κ1) is 12.9. The molecular formula is C14H19BrN4. The van der Waals surface area contributed by atoms with Crippen molar-refractivity contribution < 1.29 is 0 Å². The lowest BCUT2D eigenvalue weighted by molar-refractivity contribution is 0.361. The number of fused-ring (bicyclic) bond motifs is 1. The minimum Gasteiger partial charge on any atom is -0.356 e. The van der Waals surface area contributed by atoms with Gasteiger partial charge in [-0.3, -0.25) is 0 Å². The van der Waals surface area contributed by atoms with Crippen LogP contribution >= 0.6 is 15.9 Å². The van der Waals surface area contributed by atoms with E-state index in [0.29, 0.717) is 0 Å². The number of halogens is 1. The Morgan fingerprint density at radius 3 is 2.95 bits per heavy atom. The van der Waals surface area contributed by atoms with E-state index >= 15 is 0 Å². The maximum Gasteiger partial charge on any atom is 0.180 e. The van der Waals surface area contributed by atoms with Gasteiger partial charge in [-0.25, -0.2) is 9.97 Å². The third-order valence-electron chi connectivity index (χ3n) is 3.95. The summed E-state index contributed by atoms with van der Waals surface area (Å²) in [5, 5.41) is 0. The van der Waals surface area contributed by atoms with Crippen LogP contribution in [0.1, 0.15) is 32.1 Å². The third-order valence-corrected chi connectivity index (χ3v) is 4.33. The van der Waals surface area contributed by atoms with Crippen LogP contribution in [0.4, 0.5) is 5.82 Å². The van der Waals surface area contributed by atoms with E-state index in [2.05, 4.69) is 37.8 Å². The summed E-state index contributed by atoms with van der Waals surface area (Å²) in [5.74, 6) is 1.76. The number of aromatic nitrogens is 3. The van der Waals surface area contributed by atoms with Gasteiger partial charge in [0.15, 0.2) is 11.5 Å². The first-order chi connectivity index (χ1) is 9.24. The highest BCUT2D eigenvalue weighted by Crippen LogP contribution is 2.27. The molecule has 0 bridgehead atoms. The van der Waals surface area contributed by atoms with Crippen molar-refractivity contribution in [1.82, 2.24) is 14.4 Å². The molecule has 2 aromatic heterocycles. The van der Waals surface area contributed by atoms with Crippen molar-refractivity contribution in [3.63, 3.8) is 0 Å². The maximum absolute atomic E-state index is 4.60. The Kier molecular flexibility index (Phi) is 3.73. The number of nitrogens with zero attached hydrogens (tertiary/aromatic N) is 4. The van der Waals surface area contributed by atoms with Gasteiger partial charge < -0.3 is 9.30 Å². The molecule has 0 aliphatic heterocycles. The molecule has 0 radical (unpaired) electrons. The lowest BCUT2D eigenvalue weighted by Crippen LogP contribution is -2.28. The van der Waals surface area contributed by atoms with Gasteiger partial charge in [-0.2, -0.15) is 0 Å². The Morgan fingerprint density at radius 1 is 1.37 bits per heavy atom. The third kappa shape index (κ3) is 2.76. The molecule has 5 heteroatoms. The van der Waals surface area contributed by atoms with Crippen molar-refractivity contribution in [3.05, 3.63) is 23.2 Å². The van der Waals surface area contributed by atoms with Crippen molar-refractivity contribution in [2.24, 2.45) is 5.92 Å². The van der Waals surface area contributed by atoms with E-state index in [1.165, 1.54) is 32.1 Å². The molecule has 0 aromatic carbocycles. The molecule has 1 fully saturated rings. The fourth-order valence-electron chi connectivity index (χ4n) is 2.98. The summed E-state index contributed by atoms with van der Waals surface area (Å²) in [6.07, 6.45) is 12.6. The van der Waals surface area contributed by atoms with Crippen LogP contribution < -0.4 is 4.90 Å². The Hall–Kier alpha value is -1.10. The van der Waals surface area contributed by atoms with Crippen LogP contribution in [-0.2, 0) is 0 Å². The van der Waals surface area contributed by atoms with Crippen molar-refractivity contribution in [3.8, 4) is 0 Å². The van der Waals surface area contributed by atoms with Gasteiger partial charge >= 0.3 is 0 Å². The summed E-state index contributed by atoms with van der Waals surface area (Å²) in [6.45, 7) is 1.08. The molecule has 0 N–H and O–H groups in total. The standard InChI is InChI=1S/C14H19BrN4/c1-18(9-11-5-3-2-4-6-11)14-13-16-7-8-19(13)10-12(15)17-14/h7-8,10-11H,2-6,9H2,1H3. The summed E-state index contributed by atoms with van der Waals surface area (Å²) < 4.78 is 2.87. The van der Waals surface area contributed by atoms with E-state index in [-0.39, 0.29) is 0 Å². The highest BCUT2D eigenvalue weighted by molar-refractivity contribution is 9.10. The molecule has 4 nitrogen and oxygen atoms in total. The van der Waals surface area contributed by atoms with Crippen LogP contribution in [0.5, 0.6) is 0 Å². The van der Waals surface area contributed by atoms with E-state index in [1.807, 2.05) is 23.0 Å². The highest BCUT2D eigenvalue weighted by atomic mass is 79.9. The van der Waals surface area contributed by atoms with Crippen molar-refractivity contribution in [2.75, 3.05) is 18.5 Å². The fraction of sp³-hybridized carbons (Fsp3) is 0.571. The van der Waals surface area contributed by atoms with Gasteiger partial charge in [-0.05, 0) is 34.7 Å². The molecular weight excluding hydrogens is 304 g/mol. The lowest BCUT2D eigenvalue weighted by atomic mass is 9.89. The number of hydrogen-bond acceptors (Lipinski definition) is 3. The topological polar surface area (TPSA) is 33.4 Å². The van der Waals surface area contributed by atoms with E-state index in [1.54, 1.807) is 0 Å². The summed E-state index contributed by atoms with van der Waals surface area (Å²) in [5.41, 5.74) is 0.932. The van der Waals surface area contributed by atoms with Crippen LogP contribution in [0.15, 0.2) is 23.2 Å². The van der Waals surface area contributed by atoms with Crippen LogP contribution in [-0.4, -0.2) is 28.0 Å². The van der Waals surface area contributed by atoms with Crippen molar-refractivity contribution >= 4 is 27.4 Å². The molecule has 0 unspecified atom stereocenters. The van der Waals surface area contributed by atoms with Crippen LogP contribution in [0, 0.1) is 5.92 Å². The Bertz CT molecular complexity index is 560. The van der Waals surface area contributed by atoms with Gasteiger partial charge in [-0.1, -0.05) is 19.3 Å². The monoisotopic (exact) mass is 322 g/mol. The van der Waals surface area contributed by atoms with Crippen molar-refractivity contribution in [1.29, 1.82) is 0 Å². The Balaban J connectivity index is 1.83. The summed E-state index contributed by atoms with van der Waals surface area (Å²) in [4.78, 5) is 11.3. The molecule has 0 spiro atoms. The van der Waals surface area contributed by atoms with Gasteiger partial charge in [0.1, 0.15) is 4.60 Å². The Labute approximate surface area is 122 Å². The smallest absolute Gasteiger partial charge is 0.180 e. The molecule has 0 saturated heterocycles. The lowest BCUT2D eigenvalue weighted by Gasteiger charge is -2.27. The molecule has 3 rings (SSSR count). The predicted octanol–water partition coefficient (Wildman–Crippen LogP) is 3.51. The first-order valence-electron chi connectivity index (χ1n) is 6.94. The van der Waals surface area contributed by atoms with Gasteiger partial charge in [0.05, 0.1) is 0 Å². The van der Waals surface area contributed by atoms with Gasteiger partial charge in [-0.15, -0.1) is 0 Å². The van der Waals surface area contributed by atoms with Crippen molar-refractivity contribution in [2.45, 2.75) is 32.1 Å². The summed E-state index contributed by atoms with van der Waals surface area (Å²) in [6, 6.07) is 0. The number of rotatable bonds is 3. The van der Waals surface area contributed by atoms with Crippen LogP contribution in [0.25, 0.3) is 5.65 Å². The molecule has 2 aromatic rings. The van der Waals surface area contributed by atoms with Gasteiger partial charge in [0.25, 0.3) is 0 Å². The number of anilines is 1. The molecule has 0 atom stereocenters. The Morgan fingerprint density at radius 2 is 2.16 bits per heavy atom.